The highest BCUT2D eigenvalue weighted by Crippen LogP contribution is 2.23. The van der Waals surface area contributed by atoms with Gasteiger partial charge in [-0.05, 0) is 23.1 Å². The molecule has 1 unspecified atom stereocenters. The minimum atomic E-state index is -0.917. The van der Waals surface area contributed by atoms with Crippen LogP contribution >= 0.6 is 12.4 Å². The summed E-state index contributed by atoms with van der Waals surface area (Å²) in [5.74, 6) is -1.01. The highest BCUT2D eigenvalue weighted by atomic mass is 35.5. The number of carbonyl (C=O) groups is 2. The fraction of sp³-hybridized carbons (Fsp3) is 0.429. The molecule has 1 rings (SSSR count). The van der Waals surface area contributed by atoms with Gasteiger partial charge in [-0.1, -0.05) is 32.9 Å². The first-order chi connectivity index (χ1) is 8.70. The maximum Gasteiger partial charge on any atom is 0.241 e. The molecule has 0 saturated heterocycles. The van der Waals surface area contributed by atoms with E-state index in [1.807, 2.05) is 24.3 Å². The minimum absolute atomic E-state index is 0. The van der Waals surface area contributed by atoms with E-state index in [0.29, 0.717) is 5.69 Å². The third-order valence-corrected chi connectivity index (χ3v) is 2.78. The molecule has 0 aliphatic carbocycles. The Hall–Kier alpha value is -1.59. The lowest BCUT2D eigenvalue weighted by atomic mass is 9.87. The average Bonchev–Trinajstić information content (AvgIpc) is 2.27. The summed E-state index contributed by atoms with van der Waals surface area (Å²) in [7, 11) is 0. The number of primary amides is 1. The van der Waals surface area contributed by atoms with Crippen molar-refractivity contribution < 1.29 is 9.59 Å². The normalized spacial score (nSPS) is 12.2. The Bertz CT molecular complexity index is 466. The molecule has 5 N–H and O–H groups in total. The second-order valence-electron chi connectivity index (χ2n) is 5.59. The molecule has 0 aliphatic heterocycles. The predicted octanol–water partition coefficient (Wildman–Crippen LogP) is 1.55. The first-order valence-electron chi connectivity index (χ1n) is 6.15. The number of nitrogens with one attached hydrogen (secondary N) is 1. The lowest BCUT2D eigenvalue weighted by Crippen LogP contribution is -2.38. The first kappa shape index (κ1) is 18.4. The van der Waals surface area contributed by atoms with E-state index in [2.05, 4.69) is 26.1 Å². The second kappa shape index (κ2) is 7.26. The van der Waals surface area contributed by atoms with Crippen LogP contribution in [0.5, 0.6) is 0 Å². The van der Waals surface area contributed by atoms with Crippen LogP contribution in [0.3, 0.4) is 0 Å². The largest absolute Gasteiger partial charge is 0.370 e. The van der Waals surface area contributed by atoms with Gasteiger partial charge in [0.05, 0.1) is 12.5 Å². The van der Waals surface area contributed by atoms with Gasteiger partial charge in [-0.3, -0.25) is 9.59 Å². The summed E-state index contributed by atoms with van der Waals surface area (Å²) >= 11 is 0. The molecule has 1 aromatic carbocycles. The maximum absolute atomic E-state index is 11.7. The number of rotatable bonds is 4. The number of amides is 2. The van der Waals surface area contributed by atoms with Crippen molar-refractivity contribution in [2.45, 2.75) is 38.6 Å². The van der Waals surface area contributed by atoms with E-state index in [1.165, 1.54) is 5.56 Å². The molecule has 0 spiro atoms. The zero-order chi connectivity index (χ0) is 14.6. The van der Waals surface area contributed by atoms with Gasteiger partial charge in [0.25, 0.3) is 0 Å². The summed E-state index contributed by atoms with van der Waals surface area (Å²) in [6, 6.07) is 6.62. The van der Waals surface area contributed by atoms with Crippen molar-refractivity contribution in [1.82, 2.24) is 0 Å². The fourth-order valence-corrected chi connectivity index (χ4v) is 1.60. The molecule has 0 aromatic heterocycles. The molecule has 2 amide bonds. The highest BCUT2D eigenvalue weighted by molar-refractivity contribution is 5.97. The van der Waals surface area contributed by atoms with E-state index >= 15 is 0 Å². The molecule has 0 saturated carbocycles. The predicted molar refractivity (Wildman–Crippen MR) is 82.8 cm³/mol. The number of hydrogen-bond acceptors (Lipinski definition) is 3. The Morgan fingerprint density at radius 3 is 2.10 bits per heavy atom. The summed E-state index contributed by atoms with van der Waals surface area (Å²) in [5.41, 5.74) is 12.4. The van der Waals surface area contributed by atoms with Crippen LogP contribution in [0.4, 0.5) is 5.69 Å². The van der Waals surface area contributed by atoms with Gasteiger partial charge in [-0.2, -0.15) is 0 Å². The number of nitrogens with two attached hydrogens (primary N) is 2. The monoisotopic (exact) mass is 299 g/mol. The Morgan fingerprint density at radius 1 is 1.20 bits per heavy atom. The van der Waals surface area contributed by atoms with Crippen molar-refractivity contribution >= 4 is 29.9 Å². The van der Waals surface area contributed by atoms with Crippen LogP contribution in [-0.4, -0.2) is 17.9 Å². The van der Waals surface area contributed by atoms with E-state index in [-0.39, 0.29) is 24.2 Å². The van der Waals surface area contributed by atoms with Crippen LogP contribution in [0.25, 0.3) is 0 Å². The lowest BCUT2D eigenvalue weighted by Gasteiger charge is -2.19. The van der Waals surface area contributed by atoms with Gasteiger partial charge in [0, 0.05) is 5.69 Å². The molecule has 1 aromatic rings. The Labute approximate surface area is 125 Å². The summed E-state index contributed by atoms with van der Waals surface area (Å²) in [6.45, 7) is 6.34. The van der Waals surface area contributed by atoms with Crippen LogP contribution in [0.15, 0.2) is 24.3 Å². The van der Waals surface area contributed by atoms with Crippen LogP contribution in [0.2, 0.25) is 0 Å². The summed E-state index contributed by atoms with van der Waals surface area (Å²) in [6.07, 6.45) is -0.161. The first-order valence-corrected chi connectivity index (χ1v) is 6.15. The zero-order valence-corrected chi connectivity index (χ0v) is 12.8. The number of benzene rings is 1. The molecule has 0 heterocycles. The summed E-state index contributed by atoms with van der Waals surface area (Å²) in [5, 5.41) is 2.65. The van der Waals surface area contributed by atoms with Crippen LogP contribution in [0.1, 0.15) is 32.8 Å². The quantitative estimate of drug-likeness (QED) is 0.786. The molecule has 112 valence electrons. The van der Waals surface area contributed by atoms with E-state index in [0.717, 1.165) is 0 Å². The standard InChI is InChI=1S/C14H21N3O2.ClH/c1-14(2,3)9-4-6-10(7-5-9)17-13(19)11(15)8-12(16)18;/h4-7,11H,8,15H2,1-3H3,(H2,16,18)(H,17,19);1H. The molecule has 0 radical (unpaired) electrons. The van der Waals surface area contributed by atoms with Crippen molar-refractivity contribution in [1.29, 1.82) is 0 Å². The molecule has 0 aliphatic rings. The van der Waals surface area contributed by atoms with Crippen LogP contribution < -0.4 is 16.8 Å². The lowest BCUT2D eigenvalue weighted by molar-refractivity contribution is -0.123. The second-order valence-corrected chi connectivity index (χ2v) is 5.59. The molecular weight excluding hydrogens is 278 g/mol. The molecule has 5 nitrogen and oxygen atoms in total. The topological polar surface area (TPSA) is 98.2 Å². The van der Waals surface area contributed by atoms with E-state index in [1.54, 1.807) is 0 Å². The van der Waals surface area contributed by atoms with Gasteiger partial charge in [-0.15, -0.1) is 12.4 Å². The van der Waals surface area contributed by atoms with Gasteiger partial charge >= 0.3 is 0 Å². The number of anilines is 1. The smallest absolute Gasteiger partial charge is 0.241 e. The van der Waals surface area contributed by atoms with Crippen molar-refractivity contribution in [3.05, 3.63) is 29.8 Å². The van der Waals surface area contributed by atoms with Crippen molar-refractivity contribution in [3.63, 3.8) is 0 Å². The summed E-state index contributed by atoms with van der Waals surface area (Å²) in [4.78, 5) is 22.4. The van der Waals surface area contributed by atoms with Gasteiger partial charge in [0.15, 0.2) is 0 Å². The third kappa shape index (κ3) is 5.59. The number of hydrogen-bond donors (Lipinski definition) is 3. The maximum atomic E-state index is 11.7. The van der Waals surface area contributed by atoms with Crippen LogP contribution in [-0.2, 0) is 15.0 Å². The van der Waals surface area contributed by atoms with Gasteiger partial charge < -0.3 is 16.8 Å². The summed E-state index contributed by atoms with van der Waals surface area (Å²) < 4.78 is 0. The Morgan fingerprint density at radius 2 is 1.70 bits per heavy atom. The van der Waals surface area contributed by atoms with Gasteiger partial charge in [-0.25, -0.2) is 0 Å². The average molecular weight is 300 g/mol. The van der Waals surface area contributed by atoms with E-state index < -0.39 is 17.9 Å². The Kier molecular flexibility index (Phi) is 6.68. The fourth-order valence-electron chi connectivity index (χ4n) is 1.60. The van der Waals surface area contributed by atoms with E-state index in [4.69, 9.17) is 11.5 Å². The third-order valence-electron chi connectivity index (χ3n) is 2.78. The molecule has 1 atom stereocenters. The van der Waals surface area contributed by atoms with Crippen molar-refractivity contribution in [2.24, 2.45) is 11.5 Å². The molecule has 0 fully saturated rings. The Balaban J connectivity index is 0.00000361. The van der Waals surface area contributed by atoms with Crippen molar-refractivity contribution in [2.75, 3.05) is 5.32 Å². The number of carbonyl (C=O) groups excluding carboxylic acids is 2. The molecule has 0 bridgehead atoms. The molecule has 20 heavy (non-hydrogen) atoms. The van der Waals surface area contributed by atoms with Gasteiger partial charge in [0.2, 0.25) is 11.8 Å². The number of halogens is 1. The molecular formula is C14H22ClN3O2. The van der Waals surface area contributed by atoms with Gasteiger partial charge in [0.1, 0.15) is 0 Å². The zero-order valence-electron chi connectivity index (χ0n) is 12.0. The minimum Gasteiger partial charge on any atom is -0.370 e. The van der Waals surface area contributed by atoms with Crippen LogP contribution in [0, 0.1) is 0 Å². The highest BCUT2D eigenvalue weighted by Gasteiger charge is 2.17. The SMILES string of the molecule is CC(C)(C)c1ccc(NC(=O)C(N)CC(N)=O)cc1.Cl. The molecule has 6 heteroatoms. The van der Waals surface area contributed by atoms with Crippen molar-refractivity contribution in [3.8, 4) is 0 Å². The van der Waals surface area contributed by atoms with E-state index in [9.17, 15) is 9.59 Å².